The molecule has 2 aromatic rings. The van der Waals surface area contributed by atoms with Gasteiger partial charge in [0, 0.05) is 10.0 Å². The number of nitrogens with zero attached hydrogens (tertiary/aromatic N) is 1. The molecule has 0 aliphatic heterocycles. The number of carbonyl (C=O) groups is 1. The van der Waals surface area contributed by atoms with Crippen LogP contribution in [0.15, 0.2) is 40.9 Å². The summed E-state index contributed by atoms with van der Waals surface area (Å²) >= 11 is 3.42. The highest BCUT2D eigenvalue weighted by atomic mass is 79.9. The molecular weight excluding hydrogens is 310 g/mol. The van der Waals surface area contributed by atoms with Gasteiger partial charge in [0.15, 0.2) is 0 Å². The molecular formula is C14H12BrNO3. The third-order valence-electron chi connectivity index (χ3n) is 2.59. The van der Waals surface area contributed by atoms with Gasteiger partial charge in [0.1, 0.15) is 5.56 Å². The first-order valence-corrected chi connectivity index (χ1v) is 6.35. The summed E-state index contributed by atoms with van der Waals surface area (Å²) in [6.07, 6.45) is 0. The lowest BCUT2D eigenvalue weighted by molar-refractivity contribution is 0.0596. The second-order valence-electron chi connectivity index (χ2n) is 3.73. The fourth-order valence-electron chi connectivity index (χ4n) is 1.68. The molecule has 19 heavy (non-hydrogen) atoms. The molecule has 0 N–H and O–H groups in total. The molecule has 0 spiro atoms. The Hall–Kier alpha value is -1.88. The SMILES string of the molecule is COC(=O)c1cc(Br)c(-c2ccccc2)nc1OC. The summed E-state index contributed by atoms with van der Waals surface area (Å²) in [6, 6.07) is 11.3. The first-order valence-electron chi connectivity index (χ1n) is 5.55. The van der Waals surface area contributed by atoms with E-state index < -0.39 is 5.97 Å². The zero-order valence-corrected chi connectivity index (χ0v) is 12.1. The van der Waals surface area contributed by atoms with Gasteiger partial charge in [-0.3, -0.25) is 0 Å². The topological polar surface area (TPSA) is 48.4 Å². The van der Waals surface area contributed by atoms with E-state index in [1.807, 2.05) is 30.3 Å². The van der Waals surface area contributed by atoms with Crippen molar-refractivity contribution in [3.8, 4) is 17.1 Å². The molecule has 5 heteroatoms. The van der Waals surface area contributed by atoms with Gasteiger partial charge in [0.05, 0.1) is 19.9 Å². The number of methoxy groups -OCH3 is 2. The Kier molecular flexibility index (Phi) is 4.16. The minimum absolute atomic E-state index is 0.244. The highest BCUT2D eigenvalue weighted by Crippen LogP contribution is 2.31. The van der Waals surface area contributed by atoms with Crippen LogP contribution in [0.1, 0.15) is 10.4 Å². The summed E-state index contributed by atoms with van der Waals surface area (Å²) in [5.41, 5.74) is 1.94. The van der Waals surface area contributed by atoms with Gasteiger partial charge >= 0.3 is 5.97 Å². The minimum Gasteiger partial charge on any atom is -0.480 e. The molecule has 0 aliphatic rings. The van der Waals surface area contributed by atoms with Crippen molar-refractivity contribution < 1.29 is 14.3 Å². The van der Waals surface area contributed by atoms with E-state index in [9.17, 15) is 4.79 Å². The summed E-state index contributed by atoms with van der Waals surface area (Å²) < 4.78 is 10.6. The van der Waals surface area contributed by atoms with E-state index in [0.29, 0.717) is 10.2 Å². The van der Waals surface area contributed by atoms with Crippen LogP contribution in [0.5, 0.6) is 5.88 Å². The molecule has 0 radical (unpaired) electrons. The molecule has 1 aromatic heterocycles. The van der Waals surface area contributed by atoms with Crippen molar-refractivity contribution in [3.63, 3.8) is 0 Å². The van der Waals surface area contributed by atoms with Crippen molar-refractivity contribution in [2.75, 3.05) is 14.2 Å². The molecule has 1 heterocycles. The number of ether oxygens (including phenoxy) is 2. The lowest BCUT2D eigenvalue weighted by Crippen LogP contribution is -2.06. The Bertz CT molecular complexity index is 599. The first kappa shape index (κ1) is 13.5. The number of esters is 1. The number of rotatable bonds is 3. The quantitative estimate of drug-likeness (QED) is 0.814. The second kappa shape index (κ2) is 5.84. The number of halogens is 1. The lowest BCUT2D eigenvalue weighted by atomic mass is 10.1. The number of carbonyl (C=O) groups excluding carboxylic acids is 1. The second-order valence-corrected chi connectivity index (χ2v) is 4.59. The van der Waals surface area contributed by atoms with Crippen LogP contribution in [0, 0.1) is 0 Å². The molecule has 0 saturated carbocycles. The smallest absolute Gasteiger partial charge is 0.343 e. The van der Waals surface area contributed by atoms with E-state index in [1.165, 1.54) is 14.2 Å². The van der Waals surface area contributed by atoms with E-state index in [-0.39, 0.29) is 11.4 Å². The van der Waals surface area contributed by atoms with Crippen molar-refractivity contribution in [3.05, 3.63) is 46.4 Å². The number of benzene rings is 1. The van der Waals surface area contributed by atoms with Gasteiger partial charge in [-0.1, -0.05) is 30.3 Å². The van der Waals surface area contributed by atoms with Crippen LogP contribution in [0.2, 0.25) is 0 Å². The van der Waals surface area contributed by atoms with Gasteiger partial charge in [-0.15, -0.1) is 0 Å². The van der Waals surface area contributed by atoms with Crippen LogP contribution in [0.4, 0.5) is 0 Å². The van der Waals surface area contributed by atoms with Crippen molar-refractivity contribution in [2.45, 2.75) is 0 Å². The number of hydrogen-bond acceptors (Lipinski definition) is 4. The lowest BCUT2D eigenvalue weighted by Gasteiger charge is -2.10. The third-order valence-corrected chi connectivity index (χ3v) is 3.19. The Morgan fingerprint density at radius 3 is 2.47 bits per heavy atom. The fourth-order valence-corrected chi connectivity index (χ4v) is 2.23. The summed E-state index contributed by atoms with van der Waals surface area (Å²) in [4.78, 5) is 16.0. The van der Waals surface area contributed by atoms with Gasteiger partial charge in [0.2, 0.25) is 5.88 Å². The fraction of sp³-hybridized carbons (Fsp3) is 0.143. The Balaban J connectivity index is 2.57. The van der Waals surface area contributed by atoms with Gasteiger partial charge in [0.25, 0.3) is 0 Å². The van der Waals surface area contributed by atoms with Gasteiger partial charge < -0.3 is 9.47 Å². The first-order chi connectivity index (χ1) is 9.17. The van der Waals surface area contributed by atoms with Crippen LogP contribution >= 0.6 is 15.9 Å². The maximum Gasteiger partial charge on any atom is 0.343 e. The molecule has 0 fully saturated rings. The predicted molar refractivity (Wildman–Crippen MR) is 75.3 cm³/mol. The van der Waals surface area contributed by atoms with Crippen LogP contribution in [0.3, 0.4) is 0 Å². The Morgan fingerprint density at radius 2 is 1.89 bits per heavy atom. The summed E-state index contributed by atoms with van der Waals surface area (Å²) in [5.74, 6) is -0.237. The van der Waals surface area contributed by atoms with Gasteiger partial charge in [-0.2, -0.15) is 0 Å². The summed E-state index contributed by atoms with van der Waals surface area (Å²) in [7, 11) is 2.79. The highest BCUT2D eigenvalue weighted by Gasteiger charge is 2.18. The number of hydrogen-bond donors (Lipinski definition) is 0. The van der Waals surface area contributed by atoms with Crippen molar-refractivity contribution in [2.24, 2.45) is 0 Å². The molecule has 2 rings (SSSR count). The maximum atomic E-state index is 11.6. The maximum absolute atomic E-state index is 11.6. The number of aromatic nitrogens is 1. The molecule has 0 unspecified atom stereocenters. The van der Waals surface area contributed by atoms with Crippen LogP contribution in [-0.2, 0) is 4.74 Å². The van der Waals surface area contributed by atoms with E-state index in [4.69, 9.17) is 9.47 Å². The normalized spacial score (nSPS) is 10.1. The average Bonchev–Trinajstić information content (AvgIpc) is 2.47. The highest BCUT2D eigenvalue weighted by molar-refractivity contribution is 9.10. The van der Waals surface area contributed by atoms with Crippen molar-refractivity contribution in [1.82, 2.24) is 4.98 Å². The molecule has 98 valence electrons. The third kappa shape index (κ3) is 2.76. The van der Waals surface area contributed by atoms with Crippen LogP contribution in [-0.4, -0.2) is 25.2 Å². The van der Waals surface area contributed by atoms with E-state index in [2.05, 4.69) is 20.9 Å². The van der Waals surface area contributed by atoms with E-state index >= 15 is 0 Å². The zero-order valence-electron chi connectivity index (χ0n) is 10.5. The van der Waals surface area contributed by atoms with Crippen molar-refractivity contribution in [1.29, 1.82) is 0 Å². The van der Waals surface area contributed by atoms with E-state index in [1.54, 1.807) is 6.07 Å². The largest absolute Gasteiger partial charge is 0.480 e. The molecule has 0 aliphatic carbocycles. The summed E-state index contributed by atoms with van der Waals surface area (Å²) in [6.45, 7) is 0. The standard InChI is InChI=1S/C14H12BrNO3/c1-18-13-10(14(17)19-2)8-11(15)12(16-13)9-6-4-3-5-7-9/h3-8H,1-2H3. The summed E-state index contributed by atoms with van der Waals surface area (Å²) in [5, 5.41) is 0. The van der Waals surface area contributed by atoms with Gasteiger partial charge in [-0.25, -0.2) is 9.78 Å². The molecule has 0 saturated heterocycles. The molecule has 1 aromatic carbocycles. The number of pyridine rings is 1. The van der Waals surface area contributed by atoms with Crippen molar-refractivity contribution >= 4 is 21.9 Å². The molecule has 0 atom stereocenters. The monoisotopic (exact) mass is 321 g/mol. The van der Waals surface area contributed by atoms with Crippen LogP contribution < -0.4 is 4.74 Å². The predicted octanol–water partition coefficient (Wildman–Crippen LogP) is 3.31. The average molecular weight is 322 g/mol. The van der Waals surface area contributed by atoms with Crippen LogP contribution in [0.25, 0.3) is 11.3 Å². The molecule has 0 amide bonds. The Labute approximate surface area is 119 Å². The molecule has 4 nitrogen and oxygen atoms in total. The Morgan fingerprint density at radius 1 is 1.21 bits per heavy atom. The van der Waals surface area contributed by atoms with E-state index in [0.717, 1.165) is 5.56 Å². The van der Waals surface area contributed by atoms with Gasteiger partial charge in [-0.05, 0) is 22.0 Å². The minimum atomic E-state index is -0.482. The zero-order chi connectivity index (χ0) is 13.8. The molecule has 0 bridgehead atoms.